The Kier molecular flexibility index (Phi) is 5.10. The molecule has 1 N–H and O–H groups in total. The summed E-state index contributed by atoms with van der Waals surface area (Å²) in [6.45, 7) is 4.27. The molecule has 0 bridgehead atoms. The second kappa shape index (κ2) is 6.87. The number of nitro benzene ring substituents is 1. The lowest BCUT2D eigenvalue weighted by Crippen LogP contribution is -2.05. The number of hydrogen-bond acceptors (Lipinski definition) is 5. The van der Waals surface area contributed by atoms with E-state index in [0.29, 0.717) is 28.7 Å². The van der Waals surface area contributed by atoms with Crippen molar-refractivity contribution in [3.05, 3.63) is 44.1 Å². The fraction of sp³-hybridized carbons (Fsp3) is 0.400. The zero-order chi connectivity index (χ0) is 17.1. The number of rotatable bonds is 6. The molecule has 124 valence electrons. The van der Waals surface area contributed by atoms with Gasteiger partial charge in [-0.1, -0.05) is 18.5 Å². The van der Waals surface area contributed by atoms with E-state index < -0.39 is 4.92 Å². The van der Waals surface area contributed by atoms with Gasteiger partial charge in [-0.25, -0.2) is 4.68 Å². The van der Waals surface area contributed by atoms with Crippen molar-refractivity contribution in [1.82, 2.24) is 9.78 Å². The molecule has 0 amide bonds. The van der Waals surface area contributed by atoms with E-state index in [9.17, 15) is 10.1 Å². The predicted molar refractivity (Wildman–Crippen MR) is 89.3 cm³/mol. The number of halogens is 1. The number of aromatic nitrogens is 2. The summed E-state index contributed by atoms with van der Waals surface area (Å²) < 4.78 is 7.09. The van der Waals surface area contributed by atoms with E-state index in [4.69, 9.17) is 16.3 Å². The first-order valence-corrected chi connectivity index (χ1v) is 7.53. The number of nitrogens with zero attached hydrogens (tertiary/aromatic N) is 3. The molecule has 0 unspecified atom stereocenters. The van der Waals surface area contributed by atoms with Gasteiger partial charge in [0.2, 0.25) is 5.88 Å². The van der Waals surface area contributed by atoms with Crippen LogP contribution in [0.2, 0.25) is 5.02 Å². The predicted octanol–water partition coefficient (Wildman–Crippen LogP) is 3.47. The monoisotopic (exact) mass is 338 g/mol. The lowest BCUT2D eigenvalue weighted by molar-refractivity contribution is -0.384. The van der Waals surface area contributed by atoms with Crippen LogP contribution in [0, 0.1) is 17.0 Å². The Bertz CT molecular complexity index is 720. The molecule has 0 fully saturated rings. The van der Waals surface area contributed by atoms with Gasteiger partial charge in [-0.3, -0.25) is 10.1 Å². The first kappa shape index (κ1) is 17.1. The van der Waals surface area contributed by atoms with Crippen molar-refractivity contribution in [2.75, 3.05) is 12.4 Å². The van der Waals surface area contributed by atoms with Gasteiger partial charge in [0.1, 0.15) is 0 Å². The van der Waals surface area contributed by atoms with E-state index in [1.54, 1.807) is 18.7 Å². The summed E-state index contributed by atoms with van der Waals surface area (Å²) in [7, 11) is 3.43. The summed E-state index contributed by atoms with van der Waals surface area (Å²) in [6, 6.07) is 2.84. The van der Waals surface area contributed by atoms with Crippen LogP contribution in [0.25, 0.3) is 0 Å². The molecule has 0 aliphatic heterocycles. The molecule has 0 radical (unpaired) electrons. The smallest absolute Gasteiger partial charge is 0.271 e. The molecule has 0 atom stereocenters. The molecule has 2 rings (SSSR count). The highest BCUT2D eigenvalue weighted by Gasteiger charge is 2.17. The summed E-state index contributed by atoms with van der Waals surface area (Å²) in [6.07, 6.45) is 0.779. The quantitative estimate of drug-likeness (QED) is 0.644. The summed E-state index contributed by atoms with van der Waals surface area (Å²) >= 11 is 6.18. The van der Waals surface area contributed by atoms with Crippen LogP contribution in [0.5, 0.6) is 5.88 Å². The summed E-state index contributed by atoms with van der Waals surface area (Å²) in [4.78, 5) is 10.4. The van der Waals surface area contributed by atoms with E-state index >= 15 is 0 Å². The Morgan fingerprint density at radius 3 is 2.70 bits per heavy atom. The fourth-order valence-corrected chi connectivity index (χ4v) is 2.88. The van der Waals surface area contributed by atoms with Crippen LogP contribution in [-0.4, -0.2) is 21.8 Å². The van der Waals surface area contributed by atoms with Crippen molar-refractivity contribution in [2.24, 2.45) is 7.05 Å². The van der Waals surface area contributed by atoms with E-state index in [1.165, 1.54) is 12.1 Å². The highest BCUT2D eigenvalue weighted by atomic mass is 35.5. The Labute approximate surface area is 139 Å². The van der Waals surface area contributed by atoms with Gasteiger partial charge in [-0.05, 0) is 18.9 Å². The maximum Gasteiger partial charge on any atom is 0.271 e. The van der Waals surface area contributed by atoms with E-state index in [-0.39, 0.29) is 5.69 Å². The lowest BCUT2D eigenvalue weighted by Gasteiger charge is -2.12. The van der Waals surface area contributed by atoms with Crippen LogP contribution in [0.1, 0.15) is 23.7 Å². The second-order valence-corrected chi connectivity index (χ2v) is 5.55. The molecule has 0 saturated carbocycles. The van der Waals surface area contributed by atoms with Crippen LogP contribution in [0.15, 0.2) is 12.1 Å². The van der Waals surface area contributed by atoms with Gasteiger partial charge in [-0.2, -0.15) is 5.10 Å². The molecule has 1 aromatic carbocycles. The number of nitro groups is 1. The molecule has 1 heterocycles. The average Bonchev–Trinajstić information content (AvgIpc) is 2.81. The molecule has 23 heavy (non-hydrogen) atoms. The maximum atomic E-state index is 10.9. The number of benzene rings is 1. The summed E-state index contributed by atoms with van der Waals surface area (Å²) in [5.74, 6) is 0.685. The SMILES string of the molecule is CCc1nn(C)c(OC)c1CNc1c(C)cc([N+](=O)[O-])cc1Cl. The molecule has 0 aliphatic rings. The van der Waals surface area contributed by atoms with E-state index in [2.05, 4.69) is 10.4 Å². The van der Waals surface area contributed by atoms with Gasteiger partial charge in [0, 0.05) is 25.7 Å². The van der Waals surface area contributed by atoms with Crippen molar-refractivity contribution in [3.8, 4) is 5.88 Å². The number of ether oxygens (including phenoxy) is 1. The molecule has 0 aliphatic carbocycles. The van der Waals surface area contributed by atoms with Gasteiger partial charge >= 0.3 is 0 Å². The van der Waals surface area contributed by atoms with Gasteiger partial charge in [0.15, 0.2) is 0 Å². The Hall–Kier alpha value is -2.28. The van der Waals surface area contributed by atoms with E-state index in [0.717, 1.165) is 17.7 Å². The highest BCUT2D eigenvalue weighted by molar-refractivity contribution is 6.33. The normalized spacial score (nSPS) is 10.7. The van der Waals surface area contributed by atoms with Crippen LogP contribution in [0.3, 0.4) is 0 Å². The Morgan fingerprint density at radius 1 is 1.48 bits per heavy atom. The molecule has 2 aromatic rings. The average molecular weight is 339 g/mol. The number of non-ortho nitro benzene ring substituents is 1. The third-order valence-corrected chi connectivity index (χ3v) is 3.92. The molecule has 0 spiro atoms. The molecule has 0 saturated heterocycles. The summed E-state index contributed by atoms with van der Waals surface area (Å²) in [5.41, 5.74) is 3.25. The first-order chi connectivity index (χ1) is 10.9. The first-order valence-electron chi connectivity index (χ1n) is 7.16. The molecular weight excluding hydrogens is 320 g/mol. The van der Waals surface area contributed by atoms with E-state index in [1.807, 2.05) is 14.0 Å². The standard InChI is InChI=1S/C15H19ClN4O3/c1-5-13-11(15(23-4)19(3)18-13)8-17-14-9(2)6-10(20(21)22)7-12(14)16/h6-7,17H,5,8H2,1-4H3. The van der Waals surface area contributed by atoms with Gasteiger partial charge < -0.3 is 10.1 Å². The number of anilines is 1. The maximum absolute atomic E-state index is 10.9. The van der Waals surface area contributed by atoms with Crippen molar-refractivity contribution in [3.63, 3.8) is 0 Å². The second-order valence-electron chi connectivity index (χ2n) is 5.14. The minimum Gasteiger partial charge on any atom is -0.481 e. The highest BCUT2D eigenvalue weighted by Crippen LogP contribution is 2.32. The molecule has 8 heteroatoms. The fourth-order valence-electron chi connectivity index (χ4n) is 2.55. The van der Waals surface area contributed by atoms with Gasteiger partial charge in [-0.15, -0.1) is 0 Å². The van der Waals surface area contributed by atoms with Crippen molar-refractivity contribution in [1.29, 1.82) is 0 Å². The minimum atomic E-state index is -0.456. The third kappa shape index (κ3) is 3.39. The van der Waals surface area contributed by atoms with Crippen LogP contribution in [0.4, 0.5) is 11.4 Å². The number of methoxy groups -OCH3 is 1. The topological polar surface area (TPSA) is 82.2 Å². The molecule has 7 nitrogen and oxygen atoms in total. The molecular formula is C15H19ClN4O3. The minimum absolute atomic E-state index is 0.0220. The lowest BCUT2D eigenvalue weighted by atomic mass is 10.1. The van der Waals surface area contributed by atoms with Crippen LogP contribution >= 0.6 is 11.6 Å². The van der Waals surface area contributed by atoms with Crippen molar-refractivity contribution < 1.29 is 9.66 Å². The Balaban J connectivity index is 2.30. The van der Waals surface area contributed by atoms with Crippen LogP contribution < -0.4 is 10.1 Å². The zero-order valence-electron chi connectivity index (χ0n) is 13.5. The number of aryl methyl sites for hydroxylation is 3. The Morgan fingerprint density at radius 2 is 2.17 bits per heavy atom. The van der Waals surface area contributed by atoms with Gasteiger partial charge in [0.25, 0.3) is 5.69 Å². The molecule has 1 aromatic heterocycles. The van der Waals surface area contributed by atoms with Gasteiger partial charge in [0.05, 0.1) is 34.0 Å². The van der Waals surface area contributed by atoms with Crippen molar-refractivity contribution in [2.45, 2.75) is 26.8 Å². The number of nitrogens with one attached hydrogen (secondary N) is 1. The third-order valence-electron chi connectivity index (χ3n) is 3.62. The van der Waals surface area contributed by atoms with Crippen LogP contribution in [-0.2, 0) is 20.0 Å². The number of hydrogen-bond donors (Lipinski definition) is 1. The largest absolute Gasteiger partial charge is 0.481 e. The summed E-state index contributed by atoms with van der Waals surface area (Å²) in [5, 5.41) is 18.8. The van der Waals surface area contributed by atoms with Crippen molar-refractivity contribution >= 4 is 23.0 Å². The zero-order valence-corrected chi connectivity index (χ0v) is 14.3.